The van der Waals surface area contributed by atoms with Crippen molar-refractivity contribution >= 4 is 5.91 Å². The minimum absolute atomic E-state index is 0.0939. The molecular weight excluding hydrogens is 253 g/mol. The van der Waals surface area contributed by atoms with Crippen molar-refractivity contribution in [1.82, 2.24) is 4.90 Å². The molecule has 1 heterocycles. The Morgan fingerprint density at radius 2 is 2.26 bits per heavy atom. The molecule has 2 N–H and O–H groups in total. The molecular formula is C13H16FNO4. The minimum atomic E-state index is -0.760. The SMILES string of the molecule is CC1CN(C(=O)c2ccc(O)cc2F)CC(CO)O1. The van der Waals surface area contributed by atoms with Crippen LogP contribution in [0, 0.1) is 5.82 Å². The van der Waals surface area contributed by atoms with Crippen molar-refractivity contribution in [3.8, 4) is 5.75 Å². The number of aliphatic hydroxyl groups excluding tert-OH is 1. The number of benzene rings is 1. The summed E-state index contributed by atoms with van der Waals surface area (Å²) in [6.45, 7) is 2.16. The van der Waals surface area contributed by atoms with Gasteiger partial charge in [0.05, 0.1) is 24.4 Å². The summed E-state index contributed by atoms with van der Waals surface area (Å²) in [6.07, 6.45) is -0.664. The first-order chi connectivity index (χ1) is 9.01. The molecule has 0 saturated carbocycles. The Hall–Kier alpha value is -1.66. The Morgan fingerprint density at radius 1 is 1.53 bits per heavy atom. The predicted molar refractivity (Wildman–Crippen MR) is 65.4 cm³/mol. The summed E-state index contributed by atoms with van der Waals surface area (Å²) in [5.74, 6) is -1.45. The molecule has 0 aromatic heterocycles. The Balaban J connectivity index is 2.18. The highest BCUT2D eigenvalue weighted by molar-refractivity contribution is 5.94. The van der Waals surface area contributed by atoms with Gasteiger partial charge in [0, 0.05) is 19.2 Å². The Kier molecular flexibility index (Phi) is 4.01. The zero-order chi connectivity index (χ0) is 14.0. The van der Waals surface area contributed by atoms with E-state index in [2.05, 4.69) is 0 Å². The van der Waals surface area contributed by atoms with Crippen LogP contribution in [0.5, 0.6) is 5.75 Å². The van der Waals surface area contributed by atoms with Gasteiger partial charge in [0.25, 0.3) is 5.91 Å². The van der Waals surface area contributed by atoms with Gasteiger partial charge < -0.3 is 19.8 Å². The van der Waals surface area contributed by atoms with Crippen LogP contribution in [0.2, 0.25) is 0 Å². The van der Waals surface area contributed by atoms with Crippen LogP contribution in [0.3, 0.4) is 0 Å². The Bertz CT molecular complexity index is 480. The summed E-state index contributed by atoms with van der Waals surface area (Å²) in [5.41, 5.74) is -0.0939. The monoisotopic (exact) mass is 269 g/mol. The number of rotatable bonds is 2. The number of phenolic OH excluding ortho intramolecular Hbond substituents is 1. The lowest BCUT2D eigenvalue weighted by Crippen LogP contribution is -2.50. The average molecular weight is 269 g/mol. The summed E-state index contributed by atoms with van der Waals surface area (Å²) in [5, 5.41) is 18.2. The van der Waals surface area contributed by atoms with Crippen molar-refractivity contribution in [2.24, 2.45) is 0 Å². The Morgan fingerprint density at radius 3 is 2.89 bits per heavy atom. The number of carbonyl (C=O) groups excluding carboxylic acids is 1. The number of carbonyl (C=O) groups is 1. The first-order valence-electron chi connectivity index (χ1n) is 6.05. The molecule has 1 amide bonds. The molecule has 104 valence electrons. The first-order valence-corrected chi connectivity index (χ1v) is 6.05. The van der Waals surface area contributed by atoms with Gasteiger partial charge in [0.2, 0.25) is 0 Å². The zero-order valence-electron chi connectivity index (χ0n) is 10.5. The van der Waals surface area contributed by atoms with Crippen LogP contribution in [0.4, 0.5) is 4.39 Å². The fourth-order valence-electron chi connectivity index (χ4n) is 2.16. The smallest absolute Gasteiger partial charge is 0.257 e. The molecule has 1 aliphatic heterocycles. The van der Waals surface area contributed by atoms with Gasteiger partial charge in [-0.3, -0.25) is 4.79 Å². The second kappa shape index (κ2) is 5.54. The molecule has 2 rings (SSSR count). The molecule has 1 aromatic rings. The van der Waals surface area contributed by atoms with Crippen LogP contribution in [-0.4, -0.2) is 52.9 Å². The van der Waals surface area contributed by atoms with E-state index in [1.54, 1.807) is 6.92 Å². The van der Waals surface area contributed by atoms with E-state index in [9.17, 15) is 9.18 Å². The molecule has 0 aliphatic carbocycles. The highest BCUT2D eigenvalue weighted by atomic mass is 19.1. The number of amides is 1. The van der Waals surface area contributed by atoms with Gasteiger partial charge in [-0.2, -0.15) is 0 Å². The lowest BCUT2D eigenvalue weighted by molar-refractivity contribution is -0.0859. The van der Waals surface area contributed by atoms with E-state index in [4.69, 9.17) is 14.9 Å². The van der Waals surface area contributed by atoms with Gasteiger partial charge >= 0.3 is 0 Å². The van der Waals surface area contributed by atoms with Gasteiger partial charge in [-0.1, -0.05) is 0 Å². The van der Waals surface area contributed by atoms with E-state index in [-0.39, 0.29) is 30.6 Å². The molecule has 5 nitrogen and oxygen atoms in total. The van der Waals surface area contributed by atoms with E-state index < -0.39 is 17.8 Å². The fourth-order valence-corrected chi connectivity index (χ4v) is 2.16. The molecule has 1 fully saturated rings. The Labute approximate surface area is 110 Å². The standard InChI is InChI=1S/C13H16FNO4/c1-8-5-15(6-10(7-16)19-8)13(18)11-3-2-9(17)4-12(11)14/h2-4,8,10,16-17H,5-7H2,1H3. The summed E-state index contributed by atoms with van der Waals surface area (Å²) < 4.78 is 19.1. The third kappa shape index (κ3) is 3.02. The van der Waals surface area contributed by atoms with Crippen molar-refractivity contribution in [2.45, 2.75) is 19.1 Å². The molecule has 2 unspecified atom stereocenters. The first kappa shape index (κ1) is 13.8. The maximum atomic E-state index is 13.6. The summed E-state index contributed by atoms with van der Waals surface area (Å²) in [7, 11) is 0. The predicted octanol–water partition coefficient (Wildman–Crippen LogP) is 0.753. The van der Waals surface area contributed by atoms with Gasteiger partial charge in [0.1, 0.15) is 11.6 Å². The second-order valence-corrected chi connectivity index (χ2v) is 4.63. The topological polar surface area (TPSA) is 70.0 Å². The van der Waals surface area contributed by atoms with Crippen LogP contribution in [0.25, 0.3) is 0 Å². The highest BCUT2D eigenvalue weighted by Crippen LogP contribution is 2.19. The number of ether oxygens (including phenoxy) is 1. The second-order valence-electron chi connectivity index (χ2n) is 4.63. The normalized spacial score (nSPS) is 23.4. The van der Waals surface area contributed by atoms with E-state index in [0.29, 0.717) is 6.54 Å². The molecule has 1 aromatic carbocycles. The molecule has 0 spiro atoms. The largest absolute Gasteiger partial charge is 0.508 e. The van der Waals surface area contributed by atoms with Gasteiger partial charge in [-0.15, -0.1) is 0 Å². The highest BCUT2D eigenvalue weighted by Gasteiger charge is 2.29. The zero-order valence-corrected chi connectivity index (χ0v) is 10.5. The van der Waals surface area contributed by atoms with Crippen LogP contribution >= 0.6 is 0 Å². The molecule has 2 atom stereocenters. The molecule has 1 saturated heterocycles. The number of hydrogen-bond acceptors (Lipinski definition) is 4. The lowest BCUT2D eigenvalue weighted by atomic mass is 10.1. The molecule has 0 bridgehead atoms. The number of morpholine rings is 1. The minimum Gasteiger partial charge on any atom is -0.508 e. The molecule has 0 radical (unpaired) electrons. The molecule has 6 heteroatoms. The van der Waals surface area contributed by atoms with Crippen LogP contribution in [-0.2, 0) is 4.74 Å². The molecule has 1 aliphatic rings. The number of phenols is 1. The van der Waals surface area contributed by atoms with Crippen molar-refractivity contribution < 1.29 is 24.1 Å². The number of aromatic hydroxyl groups is 1. The van der Waals surface area contributed by atoms with Crippen molar-refractivity contribution in [1.29, 1.82) is 0 Å². The summed E-state index contributed by atoms with van der Waals surface area (Å²) >= 11 is 0. The van der Waals surface area contributed by atoms with Crippen LogP contribution in [0.1, 0.15) is 17.3 Å². The number of halogens is 1. The van der Waals surface area contributed by atoms with E-state index in [1.807, 2.05) is 0 Å². The van der Waals surface area contributed by atoms with Gasteiger partial charge in [-0.05, 0) is 19.1 Å². The number of aliphatic hydroxyl groups is 1. The average Bonchev–Trinajstić information content (AvgIpc) is 2.37. The van der Waals surface area contributed by atoms with E-state index in [1.165, 1.54) is 17.0 Å². The third-order valence-electron chi connectivity index (χ3n) is 3.00. The number of nitrogens with zero attached hydrogens (tertiary/aromatic N) is 1. The van der Waals surface area contributed by atoms with E-state index >= 15 is 0 Å². The summed E-state index contributed by atoms with van der Waals surface area (Å²) in [6, 6.07) is 3.42. The number of hydrogen-bond donors (Lipinski definition) is 2. The quantitative estimate of drug-likeness (QED) is 0.831. The maximum absolute atomic E-state index is 13.6. The summed E-state index contributed by atoms with van der Waals surface area (Å²) in [4.78, 5) is 13.7. The third-order valence-corrected chi connectivity index (χ3v) is 3.00. The van der Waals surface area contributed by atoms with Crippen LogP contribution in [0.15, 0.2) is 18.2 Å². The van der Waals surface area contributed by atoms with Crippen molar-refractivity contribution in [2.75, 3.05) is 19.7 Å². The van der Waals surface area contributed by atoms with Crippen molar-refractivity contribution in [3.05, 3.63) is 29.6 Å². The molecule has 19 heavy (non-hydrogen) atoms. The maximum Gasteiger partial charge on any atom is 0.257 e. The van der Waals surface area contributed by atoms with Crippen LogP contribution < -0.4 is 0 Å². The lowest BCUT2D eigenvalue weighted by Gasteiger charge is -2.36. The van der Waals surface area contributed by atoms with E-state index in [0.717, 1.165) is 6.07 Å². The van der Waals surface area contributed by atoms with Gasteiger partial charge in [0.15, 0.2) is 0 Å². The van der Waals surface area contributed by atoms with Gasteiger partial charge in [-0.25, -0.2) is 4.39 Å². The fraction of sp³-hybridized carbons (Fsp3) is 0.462. The van der Waals surface area contributed by atoms with Crippen molar-refractivity contribution in [3.63, 3.8) is 0 Å².